The number of carboxylic acids is 1. The molecule has 0 aliphatic carbocycles. The molecule has 1 aliphatic rings. The van der Waals surface area contributed by atoms with Crippen molar-refractivity contribution < 1.29 is 14.7 Å². The second kappa shape index (κ2) is 8.79. The minimum Gasteiger partial charge on any atom is -0.481 e. The van der Waals surface area contributed by atoms with E-state index in [-0.39, 0.29) is 18.4 Å². The number of urea groups is 1. The zero-order valence-corrected chi connectivity index (χ0v) is 12.5. The number of hydrogen-bond acceptors (Lipinski definition) is 3. The second-order valence-corrected chi connectivity index (χ2v) is 5.56. The monoisotopic (exact) mass is 285 g/mol. The fourth-order valence-corrected chi connectivity index (χ4v) is 2.46. The first-order chi connectivity index (χ1) is 9.52. The van der Waals surface area contributed by atoms with Crippen LogP contribution in [0.4, 0.5) is 4.79 Å². The summed E-state index contributed by atoms with van der Waals surface area (Å²) in [6, 6.07) is 0.143. The van der Waals surface area contributed by atoms with Crippen LogP contribution in [-0.2, 0) is 4.79 Å². The minimum atomic E-state index is -0.818. The number of carbonyl (C=O) groups is 2. The van der Waals surface area contributed by atoms with Gasteiger partial charge in [0.25, 0.3) is 0 Å². The molecule has 1 rings (SSSR count). The van der Waals surface area contributed by atoms with Crippen LogP contribution in [0.3, 0.4) is 0 Å². The third-order valence-corrected chi connectivity index (χ3v) is 3.91. The quantitative estimate of drug-likeness (QED) is 0.627. The lowest BCUT2D eigenvalue weighted by atomic mass is 10.0. The maximum absolute atomic E-state index is 11.7. The molecule has 1 heterocycles. The summed E-state index contributed by atoms with van der Waals surface area (Å²) in [5.41, 5.74) is 0. The van der Waals surface area contributed by atoms with E-state index >= 15 is 0 Å². The van der Waals surface area contributed by atoms with Crippen molar-refractivity contribution in [2.75, 3.05) is 26.2 Å². The first-order valence-electron chi connectivity index (χ1n) is 7.50. The highest BCUT2D eigenvalue weighted by Gasteiger charge is 2.18. The van der Waals surface area contributed by atoms with Gasteiger partial charge in [-0.2, -0.15) is 0 Å². The van der Waals surface area contributed by atoms with Gasteiger partial charge in [-0.3, -0.25) is 9.69 Å². The normalized spacial score (nSPS) is 18.5. The molecule has 2 unspecified atom stereocenters. The Labute approximate surface area is 120 Å². The van der Waals surface area contributed by atoms with Crippen LogP contribution in [-0.4, -0.2) is 54.2 Å². The molecule has 20 heavy (non-hydrogen) atoms. The molecule has 6 heteroatoms. The summed E-state index contributed by atoms with van der Waals surface area (Å²) in [5, 5.41) is 14.3. The molecule has 2 amide bonds. The lowest BCUT2D eigenvalue weighted by molar-refractivity contribution is -0.138. The van der Waals surface area contributed by atoms with E-state index < -0.39 is 5.97 Å². The van der Waals surface area contributed by atoms with Crippen LogP contribution < -0.4 is 10.6 Å². The number of hydrogen-bond donors (Lipinski definition) is 3. The van der Waals surface area contributed by atoms with Crippen molar-refractivity contribution in [2.45, 2.75) is 45.6 Å². The number of nitrogens with zero attached hydrogens (tertiary/aromatic N) is 1. The third kappa shape index (κ3) is 6.23. The van der Waals surface area contributed by atoms with Crippen LogP contribution in [0.2, 0.25) is 0 Å². The highest BCUT2D eigenvalue weighted by molar-refractivity contribution is 5.74. The van der Waals surface area contributed by atoms with E-state index in [2.05, 4.69) is 22.5 Å². The molecule has 0 radical (unpaired) electrons. The summed E-state index contributed by atoms with van der Waals surface area (Å²) >= 11 is 0. The van der Waals surface area contributed by atoms with Crippen molar-refractivity contribution in [3.8, 4) is 0 Å². The van der Waals surface area contributed by atoms with Gasteiger partial charge in [-0.25, -0.2) is 4.79 Å². The van der Waals surface area contributed by atoms with Crippen LogP contribution in [0.1, 0.15) is 39.5 Å². The van der Waals surface area contributed by atoms with Gasteiger partial charge >= 0.3 is 12.0 Å². The van der Waals surface area contributed by atoms with Crippen molar-refractivity contribution in [1.29, 1.82) is 0 Å². The van der Waals surface area contributed by atoms with Gasteiger partial charge in [0, 0.05) is 25.6 Å². The lowest BCUT2D eigenvalue weighted by Gasteiger charge is -2.24. The standard InChI is InChI=1S/C14H27N3O3/c1-3-12(8-13(18)19)10-16-14(20)15-9-11(2)17-6-4-5-7-17/h11-12H,3-10H2,1-2H3,(H,18,19)(H2,15,16,20). The Balaban J connectivity index is 2.17. The molecule has 0 saturated carbocycles. The van der Waals surface area contributed by atoms with Gasteiger partial charge in [-0.05, 0) is 38.8 Å². The third-order valence-electron chi connectivity index (χ3n) is 3.91. The predicted molar refractivity (Wildman–Crippen MR) is 77.7 cm³/mol. The summed E-state index contributed by atoms with van der Waals surface area (Å²) in [4.78, 5) is 24.7. The smallest absolute Gasteiger partial charge is 0.314 e. The lowest BCUT2D eigenvalue weighted by Crippen LogP contribution is -2.45. The van der Waals surface area contributed by atoms with E-state index in [1.165, 1.54) is 12.8 Å². The Bertz CT molecular complexity index is 317. The van der Waals surface area contributed by atoms with Gasteiger partial charge < -0.3 is 15.7 Å². The zero-order valence-electron chi connectivity index (χ0n) is 12.5. The van der Waals surface area contributed by atoms with Crippen LogP contribution in [0, 0.1) is 5.92 Å². The van der Waals surface area contributed by atoms with Crippen LogP contribution >= 0.6 is 0 Å². The molecule has 0 aromatic carbocycles. The molecular formula is C14H27N3O3. The summed E-state index contributed by atoms with van der Waals surface area (Å²) in [5.74, 6) is -0.823. The average molecular weight is 285 g/mol. The zero-order chi connectivity index (χ0) is 15.0. The molecule has 0 spiro atoms. The van der Waals surface area contributed by atoms with Crippen LogP contribution in [0.15, 0.2) is 0 Å². The molecule has 0 aromatic heterocycles. The molecular weight excluding hydrogens is 258 g/mol. The Morgan fingerprint density at radius 2 is 1.80 bits per heavy atom. The van der Waals surface area contributed by atoms with Crippen LogP contribution in [0.5, 0.6) is 0 Å². The van der Waals surface area contributed by atoms with Gasteiger partial charge in [-0.15, -0.1) is 0 Å². The fourth-order valence-electron chi connectivity index (χ4n) is 2.46. The first-order valence-corrected chi connectivity index (χ1v) is 7.50. The number of carbonyl (C=O) groups excluding carboxylic acids is 1. The Morgan fingerprint density at radius 3 is 2.35 bits per heavy atom. The van der Waals surface area contributed by atoms with Crippen molar-refractivity contribution in [2.24, 2.45) is 5.92 Å². The number of nitrogens with one attached hydrogen (secondary N) is 2. The molecule has 1 fully saturated rings. The SMILES string of the molecule is CCC(CNC(=O)NCC(C)N1CCCC1)CC(=O)O. The van der Waals surface area contributed by atoms with E-state index in [4.69, 9.17) is 5.11 Å². The molecule has 6 nitrogen and oxygen atoms in total. The van der Waals surface area contributed by atoms with Gasteiger partial charge in [0.05, 0.1) is 0 Å². The Kier molecular flexibility index (Phi) is 7.36. The molecule has 1 aliphatic heterocycles. The summed E-state index contributed by atoms with van der Waals surface area (Å²) in [6.07, 6.45) is 3.32. The van der Waals surface area contributed by atoms with Crippen molar-refractivity contribution >= 4 is 12.0 Å². The van der Waals surface area contributed by atoms with E-state index in [0.717, 1.165) is 19.5 Å². The molecule has 0 bridgehead atoms. The second-order valence-electron chi connectivity index (χ2n) is 5.56. The van der Waals surface area contributed by atoms with Crippen LogP contribution in [0.25, 0.3) is 0 Å². The molecule has 1 saturated heterocycles. The van der Waals surface area contributed by atoms with Crippen molar-refractivity contribution in [1.82, 2.24) is 15.5 Å². The maximum atomic E-state index is 11.7. The van der Waals surface area contributed by atoms with E-state index in [9.17, 15) is 9.59 Å². The van der Waals surface area contributed by atoms with E-state index in [1.807, 2.05) is 6.92 Å². The molecule has 2 atom stereocenters. The number of carboxylic acid groups (broad SMARTS) is 1. The van der Waals surface area contributed by atoms with Gasteiger partial charge in [-0.1, -0.05) is 13.3 Å². The van der Waals surface area contributed by atoms with Gasteiger partial charge in [0.1, 0.15) is 0 Å². The van der Waals surface area contributed by atoms with Crippen molar-refractivity contribution in [3.05, 3.63) is 0 Å². The number of aliphatic carboxylic acids is 1. The Hall–Kier alpha value is -1.30. The highest BCUT2D eigenvalue weighted by atomic mass is 16.4. The summed E-state index contributed by atoms with van der Waals surface area (Å²) in [6.45, 7) is 7.31. The topological polar surface area (TPSA) is 81.7 Å². The first kappa shape index (κ1) is 16.8. The predicted octanol–water partition coefficient (Wildman–Crippen LogP) is 1.27. The number of rotatable bonds is 8. The molecule has 0 aromatic rings. The largest absolute Gasteiger partial charge is 0.481 e. The maximum Gasteiger partial charge on any atom is 0.314 e. The fraction of sp³-hybridized carbons (Fsp3) is 0.857. The Morgan fingerprint density at radius 1 is 1.20 bits per heavy atom. The van der Waals surface area contributed by atoms with E-state index in [1.54, 1.807) is 0 Å². The minimum absolute atomic E-state index is 0.00532. The summed E-state index contributed by atoms with van der Waals surface area (Å²) in [7, 11) is 0. The van der Waals surface area contributed by atoms with E-state index in [0.29, 0.717) is 19.1 Å². The van der Waals surface area contributed by atoms with Crippen molar-refractivity contribution in [3.63, 3.8) is 0 Å². The highest BCUT2D eigenvalue weighted by Crippen LogP contribution is 2.10. The van der Waals surface area contributed by atoms with Gasteiger partial charge in [0.2, 0.25) is 0 Å². The molecule has 116 valence electrons. The van der Waals surface area contributed by atoms with Gasteiger partial charge in [0.15, 0.2) is 0 Å². The summed E-state index contributed by atoms with van der Waals surface area (Å²) < 4.78 is 0. The number of likely N-dealkylation sites (tertiary alicyclic amines) is 1. The molecule has 3 N–H and O–H groups in total. The number of amides is 2. The average Bonchev–Trinajstić information content (AvgIpc) is 2.94.